The van der Waals surface area contributed by atoms with Crippen LogP contribution in [0.15, 0.2) is 0 Å². The summed E-state index contributed by atoms with van der Waals surface area (Å²) in [5.74, 6) is 0.862. The quantitative estimate of drug-likeness (QED) is 0.719. The molecular weight excluding hydrogens is 256 g/mol. The van der Waals surface area contributed by atoms with Gasteiger partial charge in [0.25, 0.3) is 0 Å². The predicted molar refractivity (Wildman–Crippen MR) is 78.2 cm³/mol. The number of nitrogens with one attached hydrogen (secondary N) is 1. The molecule has 0 aromatic rings. The van der Waals surface area contributed by atoms with E-state index in [9.17, 15) is 9.59 Å². The lowest BCUT2D eigenvalue weighted by Gasteiger charge is -2.25. The van der Waals surface area contributed by atoms with Crippen LogP contribution >= 0.6 is 0 Å². The highest BCUT2D eigenvalue weighted by atomic mass is 16.5. The van der Waals surface area contributed by atoms with Gasteiger partial charge in [-0.25, -0.2) is 0 Å². The summed E-state index contributed by atoms with van der Waals surface area (Å²) in [6.07, 6.45) is 1.07. The molecule has 1 unspecified atom stereocenters. The van der Waals surface area contributed by atoms with Crippen molar-refractivity contribution in [2.45, 2.75) is 46.6 Å². The first-order valence-electron chi connectivity index (χ1n) is 7.56. The van der Waals surface area contributed by atoms with Crippen LogP contribution in [0.25, 0.3) is 0 Å². The third-order valence-electron chi connectivity index (χ3n) is 3.22. The highest BCUT2D eigenvalue weighted by Gasteiger charge is 2.29. The topological polar surface area (TPSA) is 58.6 Å². The minimum Gasteiger partial charge on any atom is -0.379 e. The second-order valence-electron chi connectivity index (χ2n) is 6.29. The van der Waals surface area contributed by atoms with Crippen molar-refractivity contribution >= 4 is 11.8 Å². The fourth-order valence-corrected chi connectivity index (χ4v) is 2.24. The van der Waals surface area contributed by atoms with Crippen molar-refractivity contribution in [2.24, 2.45) is 11.8 Å². The summed E-state index contributed by atoms with van der Waals surface area (Å²) in [6, 6.07) is -0.380. The summed E-state index contributed by atoms with van der Waals surface area (Å²) < 4.78 is 5.53. The predicted octanol–water partition coefficient (Wildman–Crippen LogP) is 1.42. The molecule has 1 N–H and O–H groups in total. The van der Waals surface area contributed by atoms with Gasteiger partial charge in [0.2, 0.25) is 11.8 Å². The van der Waals surface area contributed by atoms with Gasteiger partial charge >= 0.3 is 0 Å². The van der Waals surface area contributed by atoms with Gasteiger partial charge in [0.05, 0.1) is 6.61 Å². The molecule has 0 radical (unpaired) electrons. The Morgan fingerprint density at radius 1 is 1.25 bits per heavy atom. The minimum atomic E-state index is -0.380. The third-order valence-corrected chi connectivity index (χ3v) is 3.22. The second-order valence-corrected chi connectivity index (χ2v) is 6.29. The number of hydrogen-bond acceptors (Lipinski definition) is 3. The van der Waals surface area contributed by atoms with E-state index in [1.54, 1.807) is 4.90 Å². The molecular formula is C15H28N2O3. The highest BCUT2D eigenvalue weighted by Crippen LogP contribution is 2.11. The molecule has 1 heterocycles. The smallest absolute Gasteiger partial charge is 0.245 e. The SMILES string of the molecule is CC(C)COCCN1CCC(=O)NC(CC(C)C)C1=O. The summed E-state index contributed by atoms with van der Waals surface area (Å²) in [5.41, 5.74) is 0. The standard InChI is InChI=1S/C15H28N2O3/c1-11(2)9-13-15(19)17(6-5-14(18)16-13)7-8-20-10-12(3)4/h11-13H,5-10H2,1-4H3,(H,16,18). The maximum atomic E-state index is 12.4. The second kappa shape index (κ2) is 8.25. The Balaban J connectivity index is 2.51. The Labute approximate surface area is 122 Å². The Hall–Kier alpha value is -1.10. The van der Waals surface area contributed by atoms with Crippen molar-refractivity contribution in [3.63, 3.8) is 0 Å². The van der Waals surface area contributed by atoms with Gasteiger partial charge in [0, 0.05) is 26.1 Å². The van der Waals surface area contributed by atoms with Crippen LogP contribution in [0.2, 0.25) is 0 Å². The van der Waals surface area contributed by atoms with Crippen molar-refractivity contribution in [3.05, 3.63) is 0 Å². The molecule has 1 fully saturated rings. The zero-order valence-corrected chi connectivity index (χ0v) is 13.1. The van der Waals surface area contributed by atoms with Crippen molar-refractivity contribution in [1.82, 2.24) is 10.2 Å². The number of hydrogen-bond donors (Lipinski definition) is 1. The van der Waals surface area contributed by atoms with E-state index in [2.05, 4.69) is 33.0 Å². The number of nitrogens with zero attached hydrogens (tertiary/aromatic N) is 1. The summed E-state index contributed by atoms with van der Waals surface area (Å²) in [5, 5.41) is 2.83. The molecule has 1 atom stereocenters. The fraction of sp³-hybridized carbons (Fsp3) is 0.867. The summed E-state index contributed by atoms with van der Waals surface area (Å²) >= 11 is 0. The highest BCUT2D eigenvalue weighted by molar-refractivity contribution is 5.89. The fourth-order valence-electron chi connectivity index (χ4n) is 2.24. The van der Waals surface area contributed by atoms with Crippen molar-refractivity contribution in [1.29, 1.82) is 0 Å². The van der Waals surface area contributed by atoms with Crippen LogP contribution in [0.3, 0.4) is 0 Å². The van der Waals surface area contributed by atoms with E-state index in [-0.39, 0.29) is 17.9 Å². The van der Waals surface area contributed by atoms with E-state index in [4.69, 9.17) is 4.74 Å². The Kier molecular flexibility index (Phi) is 6.99. The average Bonchev–Trinajstić information content (AvgIpc) is 2.46. The van der Waals surface area contributed by atoms with Crippen LogP contribution < -0.4 is 5.32 Å². The molecule has 116 valence electrons. The molecule has 1 aliphatic rings. The number of carbonyl (C=O) groups excluding carboxylic acids is 2. The van der Waals surface area contributed by atoms with Crippen LogP contribution in [0.4, 0.5) is 0 Å². The van der Waals surface area contributed by atoms with Gasteiger partial charge in [-0.15, -0.1) is 0 Å². The van der Waals surface area contributed by atoms with Gasteiger partial charge in [-0.3, -0.25) is 9.59 Å². The van der Waals surface area contributed by atoms with E-state index in [0.717, 1.165) is 0 Å². The van der Waals surface area contributed by atoms with Crippen molar-refractivity contribution in [2.75, 3.05) is 26.3 Å². The van der Waals surface area contributed by atoms with E-state index in [0.29, 0.717) is 51.0 Å². The maximum absolute atomic E-state index is 12.4. The Morgan fingerprint density at radius 2 is 1.95 bits per heavy atom. The molecule has 0 aliphatic carbocycles. The molecule has 1 aliphatic heterocycles. The van der Waals surface area contributed by atoms with Crippen molar-refractivity contribution < 1.29 is 14.3 Å². The van der Waals surface area contributed by atoms with Crippen molar-refractivity contribution in [3.8, 4) is 0 Å². The van der Waals surface area contributed by atoms with Gasteiger partial charge in [-0.05, 0) is 18.3 Å². The molecule has 0 bridgehead atoms. The molecule has 5 nitrogen and oxygen atoms in total. The lowest BCUT2D eigenvalue weighted by Crippen LogP contribution is -2.46. The lowest BCUT2D eigenvalue weighted by atomic mass is 10.0. The third kappa shape index (κ3) is 5.90. The monoisotopic (exact) mass is 284 g/mol. The van der Waals surface area contributed by atoms with Gasteiger partial charge in [0.15, 0.2) is 0 Å². The lowest BCUT2D eigenvalue weighted by molar-refractivity contribution is -0.134. The molecule has 1 saturated heterocycles. The largest absolute Gasteiger partial charge is 0.379 e. The van der Waals surface area contributed by atoms with E-state index in [1.807, 2.05) is 0 Å². The van der Waals surface area contributed by atoms with E-state index in [1.165, 1.54) is 0 Å². The Bertz CT molecular complexity index is 329. The van der Waals surface area contributed by atoms with Crippen LogP contribution in [-0.2, 0) is 14.3 Å². The minimum absolute atomic E-state index is 0.0256. The molecule has 1 rings (SSSR count). The number of amides is 2. The number of rotatable bonds is 7. The first-order chi connectivity index (χ1) is 9.40. The number of carbonyl (C=O) groups is 2. The van der Waals surface area contributed by atoms with Gasteiger partial charge in [-0.2, -0.15) is 0 Å². The number of ether oxygens (including phenoxy) is 1. The van der Waals surface area contributed by atoms with Crippen LogP contribution in [0, 0.1) is 11.8 Å². The van der Waals surface area contributed by atoms with Gasteiger partial charge in [0.1, 0.15) is 6.04 Å². The molecule has 5 heteroatoms. The van der Waals surface area contributed by atoms with Gasteiger partial charge < -0.3 is 15.0 Å². The van der Waals surface area contributed by atoms with E-state index < -0.39 is 0 Å². The summed E-state index contributed by atoms with van der Waals surface area (Å²) in [7, 11) is 0. The normalized spacial score (nSPS) is 20.5. The maximum Gasteiger partial charge on any atom is 0.245 e. The summed E-state index contributed by atoms with van der Waals surface area (Å²) in [6.45, 7) is 10.6. The Morgan fingerprint density at radius 3 is 2.55 bits per heavy atom. The van der Waals surface area contributed by atoms with Crippen LogP contribution in [-0.4, -0.2) is 49.1 Å². The molecule has 20 heavy (non-hydrogen) atoms. The van der Waals surface area contributed by atoms with Gasteiger partial charge in [-0.1, -0.05) is 27.7 Å². The molecule has 0 spiro atoms. The molecule has 0 saturated carbocycles. The van der Waals surface area contributed by atoms with Crippen LogP contribution in [0.1, 0.15) is 40.5 Å². The average molecular weight is 284 g/mol. The molecule has 0 aromatic heterocycles. The first-order valence-corrected chi connectivity index (χ1v) is 7.56. The summed E-state index contributed by atoms with van der Waals surface area (Å²) in [4.78, 5) is 25.8. The zero-order chi connectivity index (χ0) is 15.1. The molecule has 0 aromatic carbocycles. The van der Waals surface area contributed by atoms with E-state index >= 15 is 0 Å². The molecule has 2 amide bonds. The zero-order valence-electron chi connectivity index (χ0n) is 13.1. The first kappa shape index (κ1) is 17.0. The van der Waals surface area contributed by atoms with Crippen LogP contribution in [0.5, 0.6) is 0 Å².